The number of para-hydroxylation sites is 1. The highest BCUT2D eigenvalue weighted by Gasteiger charge is 2.49. The lowest BCUT2D eigenvalue weighted by Crippen LogP contribution is -2.66. The van der Waals surface area contributed by atoms with Crippen molar-refractivity contribution in [2.75, 3.05) is 11.9 Å². The van der Waals surface area contributed by atoms with Crippen LogP contribution in [-0.4, -0.2) is 33.8 Å². The van der Waals surface area contributed by atoms with E-state index >= 15 is 0 Å². The fourth-order valence-corrected chi connectivity index (χ4v) is 3.57. The van der Waals surface area contributed by atoms with Gasteiger partial charge < -0.3 is 10.2 Å². The molecular weight excluding hydrogens is 362 g/mol. The van der Waals surface area contributed by atoms with Gasteiger partial charge in [-0.15, -0.1) is 0 Å². The molecule has 1 aromatic heterocycles. The minimum absolute atomic E-state index is 0.0438. The number of anilines is 1. The Morgan fingerprint density at radius 3 is 2.66 bits per heavy atom. The van der Waals surface area contributed by atoms with E-state index < -0.39 is 5.54 Å². The Bertz CT molecular complexity index is 1080. The summed E-state index contributed by atoms with van der Waals surface area (Å²) in [6, 6.07) is 19.5. The second-order valence-corrected chi connectivity index (χ2v) is 7.46. The Kier molecular flexibility index (Phi) is 5.12. The summed E-state index contributed by atoms with van der Waals surface area (Å²) >= 11 is 0. The van der Waals surface area contributed by atoms with Crippen LogP contribution in [0.1, 0.15) is 25.3 Å². The van der Waals surface area contributed by atoms with Crippen LogP contribution < -0.4 is 5.32 Å². The zero-order valence-electron chi connectivity index (χ0n) is 16.3. The van der Waals surface area contributed by atoms with E-state index in [1.807, 2.05) is 79.7 Å². The van der Waals surface area contributed by atoms with Crippen LogP contribution in [0.4, 0.5) is 5.69 Å². The largest absolute Gasteiger partial charge is 0.328 e. The van der Waals surface area contributed by atoms with Gasteiger partial charge in [-0.3, -0.25) is 14.6 Å². The summed E-state index contributed by atoms with van der Waals surface area (Å²) in [7, 11) is 0. The lowest BCUT2D eigenvalue weighted by molar-refractivity contribution is -0.154. The number of pyridine rings is 1. The predicted octanol–water partition coefficient (Wildman–Crippen LogP) is 4.27. The van der Waals surface area contributed by atoms with Gasteiger partial charge in [0.05, 0.1) is 17.4 Å². The zero-order valence-corrected chi connectivity index (χ0v) is 16.3. The standard InChI is InChI=1S/C24H23N3O2/c1-24(23(29)26-20-16-19-11-5-6-12-21(19)25-17-20)14-15-27(24)22(28)13-7-10-18-8-3-2-4-9-18/h2-12,16-17H,13-15H2,1H3,(H,26,29)/b10-7+. The molecule has 1 fully saturated rings. The van der Waals surface area contributed by atoms with Crippen LogP contribution in [0.25, 0.3) is 17.0 Å². The van der Waals surface area contributed by atoms with Gasteiger partial charge in [-0.25, -0.2) is 0 Å². The fourth-order valence-electron chi connectivity index (χ4n) is 3.57. The molecule has 3 aromatic rings. The van der Waals surface area contributed by atoms with Crippen LogP contribution in [-0.2, 0) is 9.59 Å². The van der Waals surface area contributed by atoms with E-state index in [-0.39, 0.29) is 18.2 Å². The van der Waals surface area contributed by atoms with Crippen molar-refractivity contribution in [3.05, 3.63) is 78.5 Å². The van der Waals surface area contributed by atoms with Gasteiger partial charge in [-0.1, -0.05) is 60.7 Å². The summed E-state index contributed by atoms with van der Waals surface area (Å²) < 4.78 is 0. The van der Waals surface area contributed by atoms with Crippen molar-refractivity contribution in [3.8, 4) is 0 Å². The van der Waals surface area contributed by atoms with Crippen LogP contribution in [0.3, 0.4) is 0 Å². The number of amides is 2. The number of hydrogen-bond acceptors (Lipinski definition) is 3. The van der Waals surface area contributed by atoms with Crippen LogP contribution in [0.2, 0.25) is 0 Å². The first-order valence-corrected chi connectivity index (χ1v) is 9.74. The molecule has 5 nitrogen and oxygen atoms in total. The van der Waals surface area contributed by atoms with Crippen molar-refractivity contribution in [1.82, 2.24) is 9.88 Å². The minimum atomic E-state index is -0.830. The molecule has 0 aliphatic carbocycles. The monoisotopic (exact) mass is 385 g/mol. The Morgan fingerprint density at radius 1 is 1.14 bits per heavy atom. The maximum absolute atomic E-state index is 12.9. The van der Waals surface area contributed by atoms with Gasteiger partial charge in [0.1, 0.15) is 5.54 Å². The van der Waals surface area contributed by atoms with Gasteiger partial charge in [-0.2, -0.15) is 0 Å². The van der Waals surface area contributed by atoms with Gasteiger partial charge in [-0.05, 0) is 31.0 Å². The molecule has 29 heavy (non-hydrogen) atoms. The van der Waals surface area contributed by atoms with Crippen molar-refractivity contribution < 1.29 is 9.59 Å². The number of aromatic nitrogens is 1. The smallest absolute Gasteiger partial charge is 0.250 e. The summed E-state index contributed by atoms with van der Waals surface area (Å²) in [5.41, 5.74) is 1.73. The molecule has 1 aliphatic rings. The van der Waals surface area contributed by atoms with Crippen molar-refractivity contribution in [3.63, 3.8) is 0 Å². The quantitative estimate of drug-likeness (QED) is 0.713. The Hall–Kier alpha value is -3.47. The number of fused-ring (bicyclic) bond motifs is 1. The Morgan fingerprint density at radius 2 is 1.90 bits per heavy atom. The topological polar surface area (TPSA) is 62.3 Å². The van der Waals surface area contributed by atoms with Gasteiger partial charge in [0.2, 0.25) is 11.8 Å². The predicted molar refractivity (Wildman–Crippen MR) is 115 cm³/mol. The van der Waals surface area contributed by atoms with Crippen LogP contribution in [0, 0.1) is 0 Å². The summed E-state index contributed by atoms with van der Waals surface area (Å²) in [5.74, 6) is -0.223. The first kappa shape index (κ1) is 18.9. The van der Waals surface area contributed by atoms with E-state index in [1.54, 1.807) is 11.1 Å². The average Bonchev–Trinajstić information content (AvgIpc) is 2.73. The third-order valence-electron chi connectivity index (χ3n) is 5.46. The molecule has 1 N–H and O–H groups in total. The lowest BCUT2D eigenvalue weighted by atomic mass is 9.85. The van der Waals surface area contributed by atoms with Crippen molar-refractivity contribution >= 4 is 34.5 Å². The molecule has 0 bridgehead atoms. The van der Waals surface area contributed by atoms with Gasteiger partial charge in [0.15, 0.2) is 0 Å². The Balaban J connectivity index is 1.40. The summed E-state index contributed by atoms with van der Waals surface area (Å²) in [5, 5.41) is 3.89. The van der Waals surface area contributed by atoms with Crippen molar-refractivity contribution in [1.29, 1.82) is 0 Å². The maximum Gasteiger partial charge on any atom is 0.250 e. The van der Waals surface area contributed by atoms with E-state index in [1.165, 1.54) is 0 Å². The molecule has 1 aliphatic heterocycles. The van der Waals surface area contributed by atoms with E-state index in [0.717, 1.165) is 16.5 Å². The normalized spacial score (nSPS) is 18.6. The second kappa shape index (κ2) is 7.87. The SMILES string of the molecule is CC1(C(=O)Nc2cnc3ccccc3c2)CCN1C(=O)C/C=C/c1ccccc1. The summed E-state index contributed by atoms with van der Waals surface area (Å²) in [6.07, 6.45) is 6.34. The molecule has 0 saturated carbocycles. The minimum Gasteiger partial charge on any atom is -0.328 e. The number of nitrogens with one attached hydrogen (secondary N) is 1. The number of hydrogen-bond donors (Lipinski definition) is 1. The van der Waals surface area contributed by atoms with E-state index in [9.17, 15) is 9.59 Å². The number of likely N-dealkylation sites (tertiary alicyclic amines) is 1. The van der Waals surface area contributed by atoms with E-state index in [4.69, 9.17) is 0 Å². The number of carbonyl (C=O) groups excluding carboxylic acids is 2. The fraction of sp³-hybridized carbons (Fsp3) is 0.208. The summed E-state index contributed by atoms with van der Waals surface area (Å²) in [6.45, 7) is 2.41. The lowest BCUT2D eigenvalue weighted by Gasteiger charge is -2.49. The maximum atomic E-state index is 12.9. The van der Waals surface area contributed by atoms with Gasteiger partial charge in [0, 0.05) is 18.4 Å². The number of nitrogens with zero attached hydrogens (tertiary/aromatic N) is 2. The molecule has 2 heterocycles. The molecular formula is C24H23N3O2. The number of carbonyl (C=O) groups is 2. The molecule has 4 rings (SSSR count). The van der Waals surface area contributed by atoms with Gasteiger partial charge >= 0.3 is 0 Å². The molecule has 146 valence electrons. The highest BCUT2D eigenvalue weighted by Crippen LogP contribution is 2.32. The number of benzene rings is 2. The molecule has 5 heteroatoms. The highest BCUT2D eigenvalue weighted by atomic mass is 16.2. The zero-order chi connectivity index (χ0) is 20.3. The first-order valence-electron chi connectivity index (χ1n) is 9.74. The van der Waals surface area contributed by atoms with Crippen LogP contribution in [0.15, 0.2) is 72.9 Å². The molecule has 0 radical (unpaired) electrons. The third-order valence-corrected chi connectivity index (χ3v) is 5.46. The molecule has 2 amide bonds. The molecule has 1 atom stereocenters. The van der Waals surface area contributed by atoms with Crippen molar-refractivity contribution in [2.24, 2.45) is 0 Å². The average molecular weight is 385 g/mol. The molecule has 2 aromatic carbocycles. The highest BCUT2D eigenvalue weighted by molar-refractivity contribution is 6.02. The second-order valence-electron chi connectivity index (χ2n) is 7.46. The van der Waals surface area contributed by atoms with Crippen LogP contribution in [0.5, 0.6) is 0 Å². The number of rotatable bonds is 5. The van der Waals surface area contributed by atoms with Crippen molar-refractivity contribution in [2.45, 2.75) is 25.3 Å². The van der Waals surface area contributed by atoms with Gasteiger partial charge in [0.25, 0.3) is 0 Å². The van der Waals surface area contributed by atoms with E-state index in [0.29, 0.717) is 18.7 Å². The van der Waals surface area contributed by atoms with E-state index in [2.05, 4.69) is 10.3 Å². The third kappa shape index (κ3) is 3.90. The first-order chi connectivity index (χ1) is 14.1. The molecule has 0 spiro atoms. The summed E-state index contributed by atoms with van der Waals surface area (Å²) in [4.78, 5) is 31.6. The Labute approximate surface area is 170 Å². The molecule has 1 unspecified atom stereocenters. The van der Waals surface area contributed by atoms with Crippen LogP contribution >= 0.6 is 0 Å². The molecule has 1 saturated heterocycles.